The van der Waals surface area contributed by atoms with Crippen LogP contribution in [0.3, 0.4) is 0 Å². The van der Waals surface area contributed by atoms with Crippen molar-refractivity contribution in [1.82, 2.24) is 10.6 Å². The summed E-state index contributed by atoms with van der Waals surface area (Å²) >= 11 is 0. The molecule has 1 atom stereocenters. The number of hydrogen-bond donors (Lipinski definition) is 3. The fourth-order valence-electron chi connectivity index (χ4n) is 2.88. The van der Waals surface area contributed by atoms with Crippen molar-refractivity contribution in [2.45, 2.75) is 44.6 Å². The van der Waals surface area contributed by atoms with Gasteiger partial charge in [-0.05, 0) is 37.0 Å². The number of nitrogens with two attached hydrogens (primary N) is 1. The minimum atomic E-state index is -0.516. The van der Waals surface area contributed by atoms with Gasteiger partial charge in [-0.25, -0.2) is 9.18 Å². The van der Waals surface area contributed by atoms with Gasteiger partial charge in [-0.15, -0.1) is 0 Å². The van der Waals surface area contributed by atoms with Crippen LogP contribution in [0.15, 0.2) is 24.3 Å². The number of hydrogen-bond acceptors (Lipinski definition) is 2. The zero-order chi connectivity index (χ0) is 16.7. The Morgan fingerprint density at radius 1 is 1.17 bits per heavy atom. The van der Waals surface area contributed by atoms with Crippen LogP contribution in [0.25, 0.3) is 0 Å². The highest BCUT2D eigenvalue weighted by Gasteiger charge is 2.19. The molecular formula is C17H24FN3O2. The molecule has 0 radical (unpaired) electrons. The van der Waals surface area contributed by atoms with Crippen LogP contribution >= 0.6 is 0 Å². The van der Waals surface area contributed by atoms with Gasteiger partial charge in [0.15, 0.2) is 0 Å². The maximum Gasteiger partial charge on any atom is 0.315 e. The topological polar surface area (TPSA) is 84.2 Å². The summed E-state index contributed by atoms with van der Waals surface area (Å²) in [6, 6.07) is 5.88. The lowest BCUT2D eigenvalue weighted by Crippen LogP contribution is -2.46. The average Bonchev–Trinajstić information content (AvgIpc) is 2.54. The molecule has 1 aliphatic rings. The molecule has 126 valence electrons. The van der Waals surface area contributed by atoms with Crippen LogP contribution in [-0.4, -0.2) is 24.5 Å². The van der Waals surface area contributed by atoms with Crippen LogP contribution in [0.5, 0.6) is 0 Å². The van der Waals surface area contributed by atoms with Gasteiger partial charge in [0.05, 0.1) is 5.92 Å². The van der Waals surface area contributed by atoms with Crippen molar-refractivity contribution in [3.05, 3.63) is 35.6 Å². The van der Waals surface area contributed by atoms with Crippen LogP contribution in [0.4, 0.5) is 9.18 Å². The van der Waals surface area contributed by atoms with Crippen LogP contribution < -0.4 is 16.4 Å². The van der Waals surface area contributed by atoms with Gasteiger partial charge in [0.25, 0.3) is 0 Å². The summed E-state index contributed by atoms with van der Waals surface area (Å²) in [5.41, 5.74) is 6.21. The molecule has 0 spiro atoms. The molecule has 5 nitrogen and oxygen atoms in total. The van der Waals surface area contributed by atoms with E-state index in [9.17, 15) is 14.0 Å². The number of nitrogens with one attached hydrogen (secondary N) is 2. The normalized spacial score (nSPS) is 16.6. The van der Waals surface area contributed by atoms with Crippen molar-refractivity contribution < 1.29 is 14.0 Å². The van der Waals surface area contributed by atoms with Gasteiger partial charge in [0.2, 0.25) is 5.91 Å². The first-order chi connectivity index (χ1) is 11.0. The third kappa shape index (κ3) is 5.88. The molecule has 4 N–H and O–H groups in total. The standard InChI is InChI=1S/C17H24FN3O2/c18-14-8-6-12(7-9-14)10-13(16(19)22)11-20-17(23)21-15-4-2-1-3-5-15/h6-9,13,15H,1-5,10-11H2,(H2,19,22)(H2,20,21,23). The van der Waals surface area contributed by atoms with E-state index in [0.29, 0.717) is 6.42 Å². The molecule has 1 aromatic carbocycles. The first-order valence-electron chi connectivity index (χ1n) is 8.12. The Morgan fingerprint density at radius 3 is 2.43 bits per heavy atom. The van der Waals surface area contributed by atoms with Crippen molar-refractivity contribution >= 4 is 11.9 Å². The number of rotatable bonds is 6. The van der Waals surface area contributed by atoms with E-state index in [2.05, 4.69) is 10.6 Å². The van der Waals surface area contributed by atoms with Crippen molar-refractivity contribution in [3.8, 4) is 0 Å². The first kappa shape index (κ1) is 17.2. The second kappa shape index (κ2) is 8.50. The second-order valence-corrected chi connectivity index (χ2v) is 6.12. The maximum absolute atomic E-state index is 12.9. The molecule has 0 aromatic heterocycles. The third-order valence-electron chi connectivity index (χ3n) is 4.25. The molecule has 2 rings (SSSR count). The highest BCUT2D eigenvalue weighted by Crippen LogP contribution is 2.17. The van der Waals surface area contributed by atoms with E-state index < -0.39 is 11.8 Å². The average molecular weight is 321 g/mol. The summed E-state index contributed by atoms with van der Waals surface area (Å²) in [4.78, 5) is 23.5. The smallest absolute Gasteiger partial charge is 0.315 e. The second-order valence-electron chi connectivity index (χ2n) is 6.12. The highest BCUT2D eigenvalue weighted by atomic mass is 19.1. The van der Waals surface area contributed by atoms with Crippen molar-refractivity contribution in [2.24, 2.45) is 11.7 Å². The van der Waals surface area contributed by atoms with Crippen molar-refractivity contribution in [1.29, 1.82) is 0 Å². The van der Waals surface area contributed by atoms with Crippen LogP contribution in [0, 0.1) is 11.7 Å². The lowest BCUT2D eigenvalue weighted by molar-refractivity contribution is -0.121. The molecule has 0 saturated heterocycles. The summed E-state index contributed by atoms with van der Waals surface area (Å²) in [5.74, 6) is -1.32. The van der Waals surface area contributed by atoms with Crippen LogP contribution in [0.1, 0.15) is 37.7 Å². The van der Waals surface area contributed by atoms with Crippen molar-refractivity contribution in [2.75, 3.05) is 6.54 Å². The largest absolute Gasteiger partial charge is 0.369 e. The Labute approximate surface area is 135 Å². The number of carbonyl (C=O) groups excluding carboxylic acids is 2. The Morgan fingerprint density at radius 2 is 1.83 bits per heavy atom. The molecule has 3 amide bonds. The number of benzene rings is 1. The number of urea groups is 1. The van der Waals surface area contributed by atoms with Gasteiger partial charge < -0.3 is 16.4 Å². The van der Waals surface area contributed by atoms with Gasteiger partial charge in [-0.3, -0.25) is 4.79 Å². The lowest BCUT2D eigenvalue weighted by atomic mass is 9.96. The molecule has 1 aliphatic carbocycles. The van der Waals surface area contributed by atoms with Gasteiger partial charge in [-0.2, -0.15) is 0 Å². The molecular weight excluding hydrogens is 297 g/mol. The summed E-state index contributed by atoms with van der Waals surface area (Å²) < 4.78 is 12.9. The summed E-state index contributed by atoms with van der Waals surface area (Å²) in [6.07, 6.45) is 5.88. The predicted octanol–water partition coefficient (Wildman–Crippen LogP) is 2.10. The third-order valence-corrected chi connectivity index (χ3v) is 4.25. The SMILES string of the molecule is NC(=O)C(CNC(=O)NC1CCCCC1)Cc1ccc(F)cc1. The Bertz CT molecular complexity index is 527. The van der Waals surface area contributed by atoms with Gasteiger partial charge in [0, 0.05) is 12.6 Å². The van der Waals surface area contributed by atoms with Crippen LogP contribution in [0.2, 0.25) is 0 Å². The zero-order valence-electron chi connectivity index (χ0n) is 13.2. The van der Waals surface area contributed by atoms with E-state index in [1.165, 1.54) is 18.6 Å². The van der Waals surface area contributed by atoms with Crippen molar-refractivity contribution in [3.63, 3.8) is 0 Å². The zero-order valence-corrected chi connectivity index (χ0v) is 13.2. The van der Waals surface area contributed by atoms with E-state index >= 15 is 0 Å². The molecule has 0 aliphatic heterocycles. The molecule has 23 heavy (non-hydrogen) atoms. The molecule has 0 bridgehead atoms. The summed E-state index contributed by atoms with van der Waals surface area (Å²) in [5, 5.41) is 5.65. The molecule has 1 fully saturated rings. The van der Waals surface area contributed by atoms with Gasteiger partial charge >= 0.3 is 6.03 Å². The fraction of sp³-hybridized carbons (Fsp3) is 0.529. The predicted molar refractivity (Wildman–Crippen MR) is 86.2 cm³/mol. The number of carbonyl (C=O) groups is 2. The quantitative estimate of drug-likeness (QED) is 0.749. The van der Waals surface area contributed by atoms with Crippen LogP contribution in [-0.2, 0) is 11.2 Å². The summed E-state index contributed by atoms with van der Waals surface area (Å²) in [6.45, 7) is 0.172. The van der Waals surface area contributed by atoms with E-state index in [1.54, 1.807) is 12.1 Å². The number of amides is 3. The monoisotopic (exact) mass is 321 g/mol. The maximum atomic E-state index is 12.9. The molecule has 1 unspecified atom stereocenters. The minimum absolute atomic E-state index is 0.172. The Kier molecular flexibility index (Phi) is 6.38. The molecule has 1 aromatic rings. The van der Waals surface area contributed by atoms with Gasteiger partial charge in [0.1, 0.15) is 5.82 Å². The Hall–Kier alpha value is -2.11. The minimum Gasteiger partial charge on any atom is -0.369 e. The van der Waals surface area contributed by atoms with E-state index in [4.69, 9.17) is 5.73 Å². The molecule has 0 heterocycles. The fourth-order valence-corrected chi connectivity index (χ4v) is 2.88. The Balaban J connectivity index is 1.80. The highest BCUT2D eigenvalue weighted by molar-refractivity contribution is 5.79. The molecule has 1 saturated carbocycles. The van der Waals surface area contributed by atoms with E-state index in [1.807, 2.05) is 0 Å². The van der Waals surface area contributed by atoms with Gasteiger partial charge in [-0.1, -0.05) is 31.4 Å². The number of primary amides is 1. The van der Waals surface area contributed by atoms with E-state index in [-0.39, 0.29) is 24.4 Å². The first-order valence-corrected chi connectivity index (χ1v) is 8.12. The summed E-state index contributed by atoms with van der Waals surface area (Å²) in [7, 11) is 0. The number of halogens is 1. The lowest BCUT2D eigenvalue weighted by Gasteiger charge is -2.23. The molecule has 6 heteroatoms. The van der Waals surface area contributed by atoms with E-state index in [0.717, 1.165) is 31.2 Å².